The van der Waals surface area contributed by atoms with Gasteiger partial charge in [-0.05, 0) is 31.6 Å². The number of likely N-dealkylation sites (N-methyl/N-ethyl adjacent to an activating group) is 1. The van der Waals surface area contributed by atoms with Crippen LogP contribution in [0.15, 0.2) is 0 Å². The second kappa shape index (κ2) is 7.49. The maximum absolute atomic E-state index is 12.5. The Bertz CT molecular complexity index is 284. The standard InChI is InChI=1S/C15H28N2O.ClH/c1-17(12-13-8-4-2-5-9-13)14(18)15(16)10-6-3-7-11-15;/h13H,2-12,16H2,1H3;1H. The first-order valence-corrected chi connectivity index (χ1v) is 7.66. The van der Waals surface area contributed by atoms with Crippen molar-refractivity contribution in [1.29, 1.82) is 0 Å². The molecule has 0 aromatic heterocycles. The second-order valence-electron chi connectivity index (χ2n) is 6.41. The number of carbonyl (C=O) groups is 1. The number of amides is 1. The molecule has 4 heteroatoms. The molecule has 2 saturated carbocycles. The van der Waals surface area contributed by atoms with Gasteiger partial charge in [0, 0.05) is 13.6 Å². The largest absolute Gasteiger partial charge is 0.344 e. The summed E-state index contributed by atoms with van der Waals surface area (Å²) in [5, 5.41) is 0. The quantitative estimate of drug-likeness (QED) is 0.867. The molecule has 0 spiro atoms. The van der Waals surface area contributed by atoms with E-state index in [0.717, 1.165) is 32.2 Å². The zero-order valence-electron chi connectivity index (χ0n) is 12.2. The molecular formula is C15H29ClN2O. The summed E-state index contributed by atoms with van der Waals surface area (Å²) in [7, 11) is 1.94. The van der Waals surface area contributed by atoms with E-state index in [0.29, 0.717) is 5.92 Å². The summed E-state index contributed by atoms with van der Waals surface area (Å²) in [5.41, 5.74) is 5.76. The van der Waals surface area contributed by atoms with E-state index in [-0.39, 0.29) is 18.3 Å². The summed E-state index contributed by atoms with van der Waals surface area (Å²) in [6.45, 7) is 0.914. The molecule has 112 valence electrons. The lowest BCUT2D eigenvalue weighted by Gasteiger charge is -2.37. The smallest absolute Gasteiger partial charge is 0.242 e. The number of nitrogens with zero attached hydrogens (tertiary/aromatic N) is 1. The van der Waals surface area contributed by atoms with E-state index in [1.54, 1.807) is 0 Å². The van der Waals surface area contributed by atoms with Gasteiger partial charge in [0.25, 0.3) is 0 Å². The predicted octanol–water partition coefficient (Wildman–Crippen LogP) is 3.11. The molecule has 19 heavy (non-hydrogen) atoms. The van der Waals surface area contributed by atoms with Crippen LogP contribution >= 0.6 is 12.4 Å². The van der Waals surface area contributed by atoms with Crippen LogP contribution in [-0.4, -0.2) is 29.9 Å². The molecule has 0 aromatic carbocycles. The molecule has 2 aliphatic rings. The van der Waals surface area contributed by atoms with Crippen molar-refractivity contribution >= 4 is 18.3 Å². The number of nitrogens with two attached hydrogens (primary N) is 1. The van der Waals surface area contributed by atoms with Crippen molar-refractivity contribution < 1.29 is 4.79 Å². The van der Waals surface area contributed by atoms with Crippen molar-refractivity contribution in [3.8, 4) is 0 Å². The van der Waals surface area contributed by atoms with E-state index < -0.39 is 5.54 Å². The highest BCUT2D eigenvalue weighted by molar-refractivity contribution is 5.86. The highest BCUT2D eigenvalue weighted by atomic mass is 35.5. The minimum Gasteiger partial charge on any atom is -0.344 e. The molecule has 0 bridgehead atoms. The van der Waals surface area contributed by atoms with Gasteiger partial charge in [-0.15, -0.1) is 12.4 Å². The monoisotopic (exact) mass is 288 g/mol. The van der Waals surface area contributed by atoms with Crippen LogP contribution in [0.5, 0.6) is 0 Å². The maximum atomic E-state index is 12.5. The van der Waals surface area contributed by atoms with E-state index >= 15 is 0 Å². The van der Waals surface area contributed by atoms with Gasteiger partial charge in [0.1, 0.15) is 0 Å². The molecule has 0 atom stereocenters. The van der Waals surface area contributed by atoms with E-state index in [2.05, 4.69) is 0 Å². The van der Waals surface area contributed by atoms with Crippen LogP contribution in [0.25, 0.3) is 0 Å². The van der Waals surface area contributed by atoms with Gasteiger partial charge in [-0.3, -0.25) is 4.79 Å². The van der Waals surface area contributed by atoms with Gasteiger partial charge >= 0.3 is 0 Å². The number of halogens is 1. The van der Waals surface area contributed by atoms with Crippen molar-refractivity contribution in [2.45, 2.75) is 69.7 Å². The molecule has 1 amide bonds. The Morgan fingerprint density at radius 1 is 1.11 bits per heavy atom. The Morgan fingerprint density at radius 2 is 1.63 bits per heavy atom. The van der Waals surface area contributed by atoms with Crippen LogP contribution < -0.4 is 5.73 Å². The summed E-state index contributed by atoms with van der Waals surface area (Å²) < 4.78 is 0. The number of rotatable bonds is 3. The summed E-state index contributed by atoms with van der Waals surface area (Å²) >= 11 is 0. The van der Waals surface area contributed by atoms with Crippen LogP contribution in [0.4, 0.5) is 0 Å². The maximum Gasteiger partial charge on any atom is 0.242 e. The third kappa shape index (κ3) is 4.35. The lowest BCUT2D eigenvalue weighted by Crippen LogP contribution is -2.56. The zero-order chi connectivity index (χ0) is 13.0. The third-order valence-electron chi connectivity index (χ3n) is 4.78. The van der Waals surface area contributed by atoms with Crippen LogP contribution in [0.1, 0.15) is 64.2 Å². The fourth-order valence-corrected chi connectivity index (χ4v) is 3.62. The molecule has 2 N–H and O–H groups in total. The molecule has 0 saturated heterocycles. The van der Waals surface area contributed by atoms with Crippen molar-refractivity contribution in [3.63, 3.8) is 0 Å². The van der Waals surface area contributed by atoms with Crippen LogP contribution in [0, 0.1) is 5.92 Å². The Balaban J connectivity index is 0.00000180. The van der Waals surface area contributed by atoms with Crippen molar-refractivity contribution in [3.05, 3.63) is 0 Å². The van der Waals surface area contributed by atoms with Gasteiger partial charge in [0.2, 0.25) is 5.91 Å². The zero-order valence-corrected chi connectivity index (χ0v) is 13.0. The van der Waals surface area contributed by atoms with Crippen molar-refractivity contribution in [2.24, 2.45) is 11.7 Å². The van der Waals surface area contributed by atoms with Crippen molar-refractivity contribution in [1.82, 2.24) is 4.90 Å². The Kier molecular flexibility index (Phi) is 6.61. The van der Waals surface area contributed by atoms with E-state index in [9.17, 15) is 4.79 Å². The van der Waals surface area contributed by atoms with Crippen molar-refractivity contribution in [2.75, 3.05) is 13.6 Å². The first kappa shape index (κ1) is 16.8. The molecule has 0 aromatic rings. The molecule has 0 radical (unpaired) electrons. The highest BCUT2D eigenvalue weighted by Gasteiger charge is 2.37. The third-order valence-corrected chi connectivity index (χ3v) is 4.78. The lowest BCUT2D eigenvalue weighted by molar-refractivity contribution is -0.137. The Hall–Kier alpha value is -0.280. The molecule has 0 aliphatic heterocycles. The molecule has 2 aliphatic carbocycles. The average Bonchev–Trinajstić information content (AvgIpc) is 2.40. The highest BCUT2D eigenvalue weighted by Crippen LogP contribution is 2.29. The van der Waals surface area contributed by atoms with Gasteiger partial charge in [-0.1, -0.05) is 38.5 Å². The first-order valence-electron chi connectivity index (χ1n) is 7.66. The minimum atomic E-state index is -0.554. The molecule has 0 unspecified atom stereocenters. The van der Waals surface area contributed by atoms with Crippen LogP contribution in [0.2, 0.25) is 0 Å². The van der Waals surface area contributed by atoms with Gasteiger partial charge < -0.3 is 10.6 Å². The molecule has 3 nitrogen and oxygen atoms in total. The molecular weight excluding hydrogens is 260 g/mol. The summed E-state index contributed by atoms with van der Waals surface area (Å²) in [5.74, 6) is 0.896. The molecule has 2 fully saturated rings. The Morgan fingerprint density at radius 3 is 2.21 bits per heavy atom. The molecule has 2 rings (SSSR count). The van der Waals surface area contributed by atoms with E-state index in [1.165, 1.54) is 38.5 Å². The fourth-order valence-electron chi connectivity index (χ4n) is 3.62. The number of carbonyl (C=O) groups excluding carboxylic acids is 1. The minimum absolute atomic E-state index is 0. The number of hydrogen-bond acceptors (Lipinski definition) is 2. The lowest BCUT2D eigenvalue weighted by atomic mass is 9.81. The summed E-state index contributed by atoms with van der Waals surface area (Å²) in [6.07, 6.45) is 11.8. The van der Waals surface area contributed by atoms with Gasteiger partial charge in [-0.2, -0.15) is 0 Å². The van der Waals surface area contributed by atoms with Gasteiger partial charge in [0.05, 0.1) is 5.54 Å². The molecule has 0 heterocycles. The van der Waals surface area contributed by atoms with Gasteiger partial charge in [0.15, 0.2) is 0 Å². The second-order valence-corrected chi connectivity index (χ2v) is 6.41. The summed E-state index contributed by atoms with van der Waals surface area (Å²) in [4.78, 5) is 14.4. The normalized spacial score (nSPS) is 23.5. The summed E-state index contributed by atoms with van der Waals surface area (Å²) in [6, 6.07) is 0. The topological polar surface area (TPSA) is 46.3 Å². The van der Waals surface area contributed by atoms with Crippen LogP contribution in [0.3, 0.4) is 0 Å². The van der Waals surface area contributed by atoms with E-state index in [4.69, 9.17) is 5.73 Å². The Labute approximate surface area is 123 Å². The van der Waals surface area contributed by atoms with E-state index in [1.807, 2.05) is 11.9 Å². The fraction of sp³-hybridized carbons (Fsp3) is 0.933. The predicted molar refractivity (Wildman–Crippen MR) is 81.5 cm³/mol. The SMILES string of the molecule is CN(CC1CCCCC1)C(=O)C1(N)CCCCC1.Cl. The van der Waals surface area contributed by atoms with Crippen LogP contribution in [-0.2, 0) is 4.79 Å². The van der Waals surface area contributed by atoms with Gasteiger partial charge in [-0.25, -0.2) is 0 Å². The first-order chi connectivity index (χ1) is 8.62. The average molecular weight is 289 g/mol. The number of hydrogen-bond donors (Lipinski definition) is 1.